The number of nitrogens with two attached hydrogens (primary N) is 1. The van der Waals surface area contributed by atoms with Crippen LogP contribution in [0.2, 0.25) is 5.02 Å². The van der Waals surface area contributed by atoms with Gasteiger partial charge in [0.15, 0.2) is 5.96 Å². The SMILES string of the molecule is CN=C(N)Nc1ccc(OC)cc1Cl. The van der Waals surface area contributed by atoms with E-state index in [0.29, 0.717) is 22.4 Å². The molecule has 0 aliphatic rings. The van der Waals surface area contributed by atoms with Crippen molar-refractivity contribution in [3.8, 4) is 5.75 Å². The van der Waals surface area contributed by atoms with E-state index in [1.807, 2.05) is 0 Å². The average Bonchev–Trinajstić information content (AvgIpc) is 2.20. The first-order valence-corrected chi connectivity index (χ1v) is 4.38. The number of halogens is 1. The number of nitrogens with one attached hydrogen (secondary N) is 1. The fourth-order valence-electron chi connectivity index (χ4n) is 0.918. The minimum atomic E-state index is 0.317. The van der Waals surface area contributed by atoms with Crippen LogP contribution in [0.25, 0.3) is 0 Å². The van der Waals surface area contributed by atoms with E-state index < -0.39 is 0 Å². The maximum Gasteiger partial charge on any atom is 0.192 e. The van der Waals surface area contributed by atoms with Crippen LogP contribution in [0.15, 0.2) is 23.2 Å². The lowest BCUT2D eigenvalue weighted by atomic mass is 10.3. The molecule has 0 radical (unpaired) electrons. The van der Waals surface area contributed by atoms with Crippen LogP contribution in [0, 0.1) is 0 Å². The lowest BCUT2D eigenvalue weighted by Gasteiger charge is -2.08. The molecule has 0 aliphatic carbocycles. The van der Waals surface area contributed by atoms with Crippen LogP contribution < -0.4 is 15.8 Å². The Kier molecular flexibility index (Phi) is 3.59. The zero-order valence-corrected chi connectivity index (χ0v) is 8.80. The van der Waals surface area contributed by atoms with Crippen LogP contribution in [-0.4, -0.2) is 20.1 Å². The molecule has 0 fully saturated rings. The van der Waals surface area contributed by atoms with Crippen LogP contribution >= 0.6 is 11.6 Å². The van der Waals surface area contributed by atoms with E-state index in [-0.39, 0.29) is 0 Å². The normalized spacial score (nSPS) is 11.2. The van der Waals surface area contributed by atoms with Gasteiger partial charge in [-0.05, 0) is 12.1 Å². The van der Waals surface area contributed by atoms with Gasteiger partial charge >= 0.3 is 0 Å². The number of hydrogen-bond donors (Lipinski definition) is 2. The van der Waals surface area contributed by atoms with Gasteiger partial charge in [0.2, 0.25) is 0 Å². The Morgan fingerprint density at radius 3 is 2.79 bits per heavy atom. The molecule has 0 atom stereocenters. The van der Waals surface area contributed by atoms with Crippen molar-refractivity contribution in [1.82, 2.24) is 0 Å². The first-order valence-electron chi connectivity index (χ1n) is 4.00. The predicted octanol–water partition coefficient (Wildman–Crippen LogP) is 1.70. The van der Waals surface area contributed by atoms with Gasteiger partial charge in [0.05, 0.1) is 17.8 Å². The number of methoxy groups -OCH3 is 1. The third-order valence-corrected chi connectivity index (χ3v) is 1.99. The highest BCUT2D eigenvalue weighted by atomic mass is 35.5. The zero-order valence-electron chi connectivity index (χ0n) is 8.04. The van der Waals surface area contributed by atoms with E-state index in [4.69, 9.17) is 22.1 Å². The molecule has 0 saturated carbocycles. The van der Waals surface area contributed by atoms with Gasteiger partial charge in [-0.3, -0.25) is 4.99 Å². The number of rotatable bonds is 2. The summed E-state index contributed by atoms with van der Waals surface area (Å²) in [6.07, 6.45) is 0. The molecule has 0 amide bonds. The molecule has 0 aliphatic heterocycles. The van der Waals surface area contributed by atoms with E-state index in [9.17, 15) is 0 Å². The van der Waals surface area contributed by atoms with E-state index in [1.165, 1.54) is 0 Å². The molecule has 0 bridgehead atoms. The molecule has 1 rings (SSSR count). The monoisotopic (exact) mass is 213 g/mol. The summed E-state index contributed by atoms with van der Waals surface area (Å²) in [5, 5.41) is 3.39. The van der Waals surface area contributed by atoms with Crippen molar-refractivity contribution in [3.05, 3.63) is 23.2 Å². The summed E-state index contributed by atoms with van der Waals surface area (Å²) in [7, 11) is 3.18. The highest BCUT2D eigenvalue weighted by Gasteiger charge is 2.02. The van der Waals surface area contributed by atoms with Gasteiger partial charge in [-0.15, -0.1) is 0 Å². The maximum absolute atomic E-state index is 5.96. The van der Waals surface area contributed by atoms with Crippen molar-refractivity contribution in [2.24, 2.45) is 10.7 Å². The molecule has 0 spiro atoms. The molecular formula is C9H12ClN3O. The van der Waals surface area contributed by atoms with E-state index in [1.54, 1.807) is 32.4 Å². The quantitative estimate of drug-likeness (QED) is 0.581. The average molecular weight is 214 g/mol. The summed E-state index contributed by atoms with van der Waals surface area (Å²) in [6, 6.07) is 5.27. The van der Waals surface area contributed by atoms with Crippen LogP contribution in [0.1, 0.15) is 0 Å². The minimum absolute atomic E-state index is 0.317. The Bertz CT molecular complexity index is 352. The molecule has 0 aromatic heterocycles. The highest BCUT2D eigenvalue weighted by molar-refractivity contribution is 6.33. The molecule has 0 saturated heterocycles. The summed E-state index contributed by atoms with van der Waals surface area (Å²) < 4.78 is 5.01. The van der Waals surface area contributed by atoms with Crippen LogP contribution in [0.5, 0.6) is 5.75 Å². The van der Waals surface area contributed by atoms with Gasteiger partial charge in [0, 0.05) is 13.1 Å². The van der Waals surface area contributed by atoms with Crippen molar-refractivity contribution >= 4 is 23.2 Å². The standard InChI is InChI=1S/C9H12ClN3O/c1-12-9(11)13-8-4-3-6(14-2)5-7(8)10/h3-5H,1-2H3,(H3,11,12,13). The third kappa shape index (κ3) is 2.53. The third-order valence-electron chi connectivity index (χ3n) is 1.68. The smallest absolute Gasteiger partial charge is 0.192 e. The molecule has 14 heavy (non-hydrogen) atoms. The van der Waals surface area contributed by atoms with Crippen LogP contribution in [0.4, 0.5) is 5.69 Å². The number of benzene rings is 1. The second kappa shape index (κ2) is 4.72. The molecule has 3 N–H and O–H groups in total. The number of ether oxygens (including phenoxy) is 1. The van der Waals surface area contributed by atoms with Crippen molar-refractivity contribution in [3.63, 3.8) is 0 Å². The Balaban J connectivity index is 2.89. The fraction of sp³-hybridized carbons (Fsp3) is 0.222. The summed E-state index contributed by atoms with van der Waals surface area (Å²) >= 11 is 5.96. The number of nitrogens with zero attached hydrogens (tertiary/aromatic N) is 1. The highest BCUT2D eigenvalue weighted by Crippen LogP contribution is 2.26. The summed E-state index contributed by atoms with van der Waals surface area (Å²) in [5.41, 5.74) is 6.20. The van der Waals surface area contributed by atoms with Gasteiger partial charge in [0.25, 0.3) is 0 Å². The number of anilines is 1. The van der Waals surface area contributed by atoms with Crippen molar-refractivity contribution in [2.45, 2.75) is 0 Å². The van der Waals surface area contributed by atoms with Crippen molar-refractivity contribution in [2.75, 3.05) is 19.5 Å². The molecule has 1 aromatic carbocycles. The van der Waals surface area contributed by atoms with Crippen LogP contribution in [-0.2, 0) is 0 Å². The summed E-state index contributed by atoms with van der Waals surface area (Å²) in [5.74, 6) is 1.02. The Morgan fingerprint density at radius 1 is 1.57 bits per heavy atom. The largest absolute Gasteiger partial charge is 0.497 e. The fourth-order valence-corrected chi connectivity index (χ4v) is 1.14. The Morgan fingerprint density at radius 2 is 2.29 bits per heavy atom. The van der Waals surface area contributed by atoms with Gasteiger partial charge < -0.3 is 15.8 Å². The number of guanidine groups is 1. The summed E-state index contributed by atoms with van der Waals surface area (Å²) in [4.78, 5) is 3.76. The molecule has 76 valence electrons. The topological polar surface area (TPSA) is 59.6 Å². The van der Waals surface area contributed by atoms with Gasteiger partial charge in [0.1, 0.15) is 5.75 Å². The first-order chi connectivity index (χ1) is 6.67. The Labute approximate surface area is 87.7 Å². The molecular weight excluding hydrogens is 202 g/mol. The van der Waals surface area contributed by atoms with E-state index in [0.717, 1.165) is 0 Å². The number of aliphatic imine (C=N–C) groups is 1. The maximum atomic E-state index is 5.96. The summed E-state index contributed by atoms with van der Waals surface area (Å²) in [6.45, 7) is 0. The molecule has 4 nitrogen and oxygen atoms in total. The second-order valence-electron chi connectivity index (χ2n) is 2.58. The van der Waals surface area contributed by atoms with Gasteiger partial charge in [-0.2, -0.15) is 0 Å². The number of hydrogen-bond acceptors (Lipinski definition) is 2. The molecule has 0 unspecified atom stereocenters. The molecule has 0 heterocycles. The van der Waals surface area contributed by atoms with Gasteiger partial charge in [-0.1, -0.05) is 11.6 Å². The Hall–Kier alpha value is -1.42. The molecule has 1 aromatic rings. The zero-order chi connectivity index (χ0) is 10.6. The van der Waals surface area contributed by atoms with Crippen molar-refractivity contribution < 1.29 is 4.74 Å². The van der Waals surface area contributed by atoms with E-state index >= 15 is 0 Å². The van der Waals surface area contributed by atoms with Crippen LogP contribution in [0.3, 0.4) is 0 Å². The molecule has 5 heteroatoms. The first kappa shape index (κ1) is 10.7. The lowest BCUT2D eigenvalue weighted by Crippen LogP contribution is -2.22. The lowest BCUT2D eigenvalue weighted by molar-refractivity contribution is 0.415. The second-order valence-corrected chi connectivity index (χ2v) is 2.99. The minimum Gasteiger partial charge on any atom is -0.497 e. The van der Waals surface area contributed by atoms with E-state index in [2.05, 4.69) is 10.3 Å². The predicted molar refractivity (Wildman–Crippen MR) is 59.2 cm³/mol. The van der Waals surface area contributed by atoms with Crippen molar-refractivity contribution in [1.29, 1.82) is 0 Å². The van der Waals surface area contributed by atoms with Gasteiger partial charge in [-0.25, -0.2) is 0 Å².